The Balaban J connectivity index is 2.19. The van der Waals surface area contributed by atoms with Crippen LogP contribution in [-0.2, 0) is 9.05 Å². The highest BCUT2D eigenvalue weighted by atomic mass is 79.9. The van der Waals surface area contributed by atoms with Gasteiger partial charge in [0.2, 0.25) is 0 Å². The molecule has 1 aromatic heterocycles. The van der Waals surface area contributed by atoms with Gasteiger partial charge in [-0.25, -0.2) is 12.8 Å². The molecular formula is C11H8BrClFN3O2S. The average molecular weight is 381 g/mol. The zero-order valence-electron chi connectivity index (χ0n) is 9.92. The number of hydrogen-bond acceptors (Lipinski definition) is 4. The van der Waals surface area contributed by atoms with Gasteiger partial charge in [-0.1, -0.05) is 0 Å². The second-order valence-corrected chi connectivity index (χ2v) is 7.79. The van der Waals surface area contributed by atoms with E-state index in [0.717, 1.165) is 12.8 Å². The van der Waals surface area contributed by atoms with Gasteiger partial charge in [-0.05, 0) is 47.0 Å². The summed E-state index contributed by atoms with van der Waals surface area (Å²) in [7, 11) is 1.37. The van der Waals surface area contributed by atoms with Crippen LogP contribution in [0.2, 0.25) is 0 Å². The minimum atomic E-state index is -3.99. The topological polar surface area (TPSA) is 64.8 Å². The van der Waals surface area contributed by atoms with Crippen LogP contribution >= 0.6 is 26.6 Å². The zero-order valence-corrected chi connectivity index (χ0v) is 13.1. The van der Waals surface area contributed by atoms with Crippen LogP contribution in [0.3, 0.4) is 0 Å². The monoisotopic (exact) mass is 379 g/mol. The van der Waals surface area contributed by atoms with Crippen LogP contribution in [0.4, 0.5) is 4.39 Å². The van der Waals surface area contributed by atoms with Crippen molar-refractivity contribution in [1.29, 1.82) is 0 Å². The van der Waals surface area contributed by atoms with Crippen LogP contribution in [0.1, 0.15) is 18.9 Å². The molecule has 0 radical (unpaired) electrons. The molecule has 0 atom stereocenters. The van der Waals surface area contributed by atoms with Crippen LogP contribution < -0.4 is 0 Å². The molecule has 1 heterocycles. The van der Waals surface area contributed by atoms with Crippen LogP contribution in [0.25, 0.3) is 11.4 Å². The first-order chi connectivity index (χ1) is 9.38. The fourth-order valence-corrected chi connectivity index (χ4v) is 3.11. The van der Waals surface area contributed by atoms with Crippen molar-refractivity contribution in [1.82, 2.24) is 14.8 Å². The van der Waals surface area contributed by atoms with E-state index in [1.807, 2.05) is 0 Å². The molecule has 2 aromatic rings. The summed E-state index contributed by atoms with van der Waals surface area (Å²) >= 11 is 3.06. The predicted octanol–water partition coefficient (Wildman–Crippen LogP) is 3.11. The van der Waals surface area contributed by atoms with E-state index in [-0.39, 0.29) is 11.2 Å². The molecule has 0 amide bonds. The number of halogens is 3. The van der Waals surface area contributed by atoms with E-state index in [1.54, 1.807) is 6.07 Å². The minimum absolute atomic E-state index is 0.00441. The van der Waals surface area contributed by atoms with E-state index < -0.39 is 14.9 Å². The number of nitrogens with zero attached hydrogens (tertiary/aromatic N) is 3. The first-order valence-corrected chi connectivity index (χ1v) is 8.83. The molecule has 1 aliphatic rings. The number of hydrogen-bond donors (Lipinski definition) is 0. The third kappa shape index (κ3) is 2.47. The largest absolute Gasteiger partial charge is 0.296 e. The van der Waals surface area contributed by atoms with Gasteiger partial charge in [0, 0.05) is 22.3 Å². The van der Waals surface area contributed by atoms with Gasteiger partial charge in [-0.15, -0.1) is 10.2 Å². The summed E-state index contributed by atoms with van der Waals surface area (Å²) in [5.74, 6) is -0.152. The van der Waals surface area contributed by atoms with Crippen LogP contribution in [-0.4, -0.2) is 23.2 Å². The highest BCUT2D eigenvalue weighted by molar-refractivity contribution is 9.10. The second-order valence-electron chi connectivity index (χ2n) is 4.47. The predicted molar refractivity (Wildman–Crippen MR) is 74.4 cm³/mol. The third-order valence-electron chi connectivity index (χ3n) is 2.97. The van der Waals surface area contributed by atoms with Gasteiger partial charge in [0.15, 0.2) is 5.82 Å². The number of rotatable bonds is 3. The van der Waals surface area contributed by atoms with Gasteiger partial charge < -0.3 is 0 Å². The third-order valence-corrected chi connectivity index (χ3v) is 4.74. The van der Waals surface area contributed by atoms with Gasteiger partial charge in [-0.3, -0.25) is 4.57 Å². The molecule has 1 fully saturated rings. The zero-order chi connectivity index (χ0) is 14.5. The maximum atomic E-state index is 13.6. The molecular weight excluding hydrogens is 373 g/mol. The Morgan fingerprint density at radius 3 is 2.60 bits per heavy atom. The first-order valence-electron chi connectivity index (χ1n) is 5.73. The van der Waals surface area contributed by atoms with Crippen molar-refractivity contribution in [2.45, 2.75) is 24.0 Å². The molecule has 0 aliphatic heterocycles. The second kappa shape index (κ2) is 4.78. The molecule has 9 heteroatoms. The van der Waals surface area contributed by atoms with E-state index >= 15 is 0 Å². The SMILES string of the molecule is O=S(=O)(Cl)c1nnc(-c2ccc(Br)c(F)c2)n1C1CC1. The van der Waals surface area contributed by atoms with Crippen LogP contribution in [0.5, 0.6) is 0 Å². The van der Waals surface area contributed by atoms with Crippen molar-refractivity contribution >= 4 is 35.7 Å². The van der Waals surface area contributed by atoms with Crippen molar-refractivity contribution in [2.24, 2.45) is 0 Å². The van der Waals surface area contributed by atoms with Gasteiger partial charge in [0.1, 0.15) is 5.82 Å². The first kappa shape index (κ1) is 14.0. The number of aromatic nitrogens is 3. The van der Waals surface area contributed by atoms with E-state index in [0.29, 0.717) is 15.9 Å². The van der Waals surface area contributed by atoms with E-state index in [1.165, 1.54) is 16.7 Å². The summed E-state index contributed by atoms with van der Waals surface area (Å²) in [4.78, 5) is 0. The molecule has 0 spiro atoms. The Kier molecular flexibility index (Phi) is 3.34. The smallest absolute Gasteiger partial charge is 0.294 e. The van der Waals surface area contributed by atoms with Gasteiger partial charge in [-0.2, -0.15) is 0 Å². The molecule has 1 aromatic carbocycles. The van der Waals surface area contributed by atoms with E-state index in [2.05, 4.69) is 26.1 Å². The van der Waals surface area contributed by atoms with Gasteiger partial charge in [0.25, 0.3) is 14.2 Å². The van der Waals surface area contributed by atoms with E-state index in [4.69, 9.17) is 10.7 Å². The molecule has 20 heavy (non-hydrogen) atoms. The lowest BCUT2D eigenvalue weighted by atomic mass is 10.2. The molecule has 1 saturated carbocycles. The summed E-state index contributed by atoms with van der Waals surface area (Å²) in [5, 5.41) is 7.20. The summed E-state index contributed by atoms with van der Waals surface area (Å²) < 4.78 is 38.4. The van der Waals surface area contributed by atoms with Crippen molar-refractivity contribution < 1.29 is 12.8 Å². The fourth-order valence-electron chi connectivity index (χ4n) is 1.94. The Labute approximate surface area is 127 Å². The molecule has 5 nitrogen and oxygen atoms in total. The normalized spacial score (nSPS) is 15.6. The molecule has 0 saturated heterocycles. The van der Waals surface area contributed by atoms with Gasteiger partial charge >= 0.3 is 0 Å². The lowest BCUT2D eigenvalue weighted by Crippen LogP contribution is -2.06. The summed E-state index contributed by atoms with van der Waals surface area (Å²) in [6.45, 7) is 0. The Morgan fingerprint density at radius 1 is 1.35 bits per heavy atom. The maximum Gasteiger partial charge on any atom is 0.296 e. The maximum absolute atomic E-state index is 13.6. The van der Waals surface area contributed by atoms with Crippen molar-refractivity contribution in [2.75, 3.05) is 0 Å². The van der Waals surface area contributed by atoms with Crippen molar-refractivity contribution in [3.05, 3.63) is 28.5 Å². The average Bonchev–Trinajstić information content (AvgIpc) is 3.10. The fraction of sp³-hybridized carbons (Fsp3) is 0.273. The van der Waals surface area contributed by atoms with Gasteiger partial charge in [0.05, 0.1) is 4.47 Å². The highest BCUT2D eigenvalue weighted by Gasteiger charge is 2.34. The van der Waals surface area contributed by atoms with E-state index in [9.17, 15) is 12.8 Å². The molecule has 106 valence electrons. The molecule has 0 bridgehead atoms. The Bertz CT molecular complexity index is 789. The van der Waals surface area contributed by atoms with Crippen molar-refractivity contribution in [3.63, 3.8) is 0 Å². The standard InChI is InChI=1S/C11H8BrClFN3O2S/c12-8-4-1-6(5-9(8)14)10-15-16-11(20(13,18)19)17(10)7-2-3-7/h1,4-5,7H,2-3H2. The quantitative estimate of drug-likeness (QED) is 0.768. The Morgan fingerprint density at radius 2 is 2.05 bits per heavy atom. The Hall–Kier alpha value is -0.990. The molecule has 1 aliphatic carbocycles. The lowest BCUT2D eigenvalue weighted by Gasteiger charge is -2.07. The van der Waals surface area contributed by atoms with Crippen LogP contribution in [0.15, 0.2) is 27.8 Å². The summed E-state index contributed by atoms with van der Waals surface area (Å²) in [6.07, 6.45) is 1.65. The molecule has 3 rings (SSSR count). The lowest BCUT2D eigenvalue weighted by molar-refractivity contribution is 0.579. The number of benzene rings is 1. The van der Waals surface area contributed by atoms with Crippen LogP contribution in [0, 0.1) is 5.82 Å². The van der Waals surface area contributed by atoms with Crippen molar-refractivity contribution in [3.8, 4) is 11.4 Å². The summed E-state index contributed by atoms with van der Waals surface area (Å²) in [5.41, 5.74) is 0.455. The highest BCUT2D eigenvalue weighted by Crippen LogP contribution is 2.40. The minimum Gasteiger partial charge on any atom is -0.294 e. The molecule has 0 N–H and O–H groups in total. The summed E-state index contributed by atoms with van der Waals surface area (Å²) in [6, 6.07) is 4.44. The molecule has 0 unspecified atom stereocenters.